The number of benzene rings is 1. The number of halogens is 3. The zero-order valence-electron chi connectivity index (χ0n) is 20.4. The number of sulfonamides is 1. The number of nitrogens with two attached hydrogens (primary N) is 1. The number of likely N-dealkylation sites (tertiary alicyclic amines) is 2. The average molecular weight is 540 g/mol. The van der Waals surface area contributed by atoms with E-state index in [1.54, 1.807) is 41.4 Å². The zero-order valence-corrected chi connectivity index (χ0v) is 21.2. The minimum atomic E-state index is -5.52. The summed E-state index contributed by atoms with van der Waals surface area (Å²) < 4.78 is 65.0. The maximum Gasteiger partial charge on any atom is 0.511 e. The van der Waals surface area contributed by atoms with Gasteiger partial charge in [-0.25, -0.2) is 13.4 Å². The second-order valence-electron chi connectivity index (χ2n) is 9.76. The molecule has 1 atom stereocenters. The van der Waals surface area contributed by atoms with Gasteiger partial charge in [-0.1, -0.05) is 30.3 Å². The van der Waals surface area contributed by atoms with Crippen molar-refractivity contribution in [3.63, 3.8) is 0 Å². The molecule has 12 heteroatoms. The lowest BCUT2D eigenvalue weighted by Crippen LogP contribution is -2.48. The Hall–Kier alpha value is -2.70. The van der Waals surface area contributed by atoms with Gasteiger partial charge in [-0.15, -0.1) is 0 Å². The molecule has 0 saturated carbocycles. The number of alkyl halides is 3. The third-order valence-electron chi connectivity index (χ3n) is 7.26. The summed E-state index contributed by atoms with van der Waals surface area (Å²) in [5, 5.41) is 0. The summed E-state index contributed by atoms with van der Waals surface area (Å²) in [6, 6.07) is 11.0. The Morgan fingerprint density at radius 2 is 1.70 bits per heavy atom. The topological polar surface area (TPSA) is 109 Å². The molecular weight excluding hydrogens is 507 g/mol. The van der Waals surface area contributed by atoms with Gasteiger partial charge in [-0.05, 0) is 68.0 Å². The van der Waals surface area contributed by atoms with Crippen LogP contribution in [0.25, 0.3) is 0 Å². The first kappa shape index (κ1) is 27.3. The molecule has 2 aliphatic heterocycles. The number of anilines is 1. The molecule has 1 amide bonds. The molecule has 0 radical (unpaired) electrons. The van der Waals surface area contributed by atoms with Crippen molar-refractivity contribution in [1.29, 1.82) is 0 Å². The molecule has 2 aromatic rings. The molecule has 4 rings (SSSR count). The molecule has 37 heavy (non-hydrogen) atoms. The van der Waals surface area contributed by atoms with Gasteiger partial charge in [0.1, 0.15) is 5.82 Å². The van der Waals surface area contributed by atoms with Crippen LogP contribution in [-0.4, -0.2) is 60.8 Å². The lowest BCUT2D eigenvalue weighted by Gasteiger charge is -2.39. The van der Waals surface area contributed by atoms with Crippen LogP contribution in [0.1, 0.15) is 42.9 Å². The van der Waals surface area contributed by atoms with Gasteiger partial charge in [-0.2, -0.15) is 17.9 Å². The summed E-state index contributed by atoms with van der Waals surface area (Å²) in [6.07, 6.45) is 3.97. The molecule has 2 saturated heterocycles. The van der Waals surface area contributed by atoms with Crippen LogP contribution < -0.4 is 10.5 Å². The molecule has 0 aliphatic carbocycles. The van der Waals surface area contributed by atoms with Crippen LogP contribution in [0.5, 0.6) is 0 Å². The van der Waals surface area contributed by atoms with Gasteiger partial charge in [0.15, 0.2) is 0 Å². The minimum absolute atomic E-state index is 0.0680. The van der Waals surface area contributed by atoms with E-state index in [1.807, 2.05) is 16.9 Å². The van der Waals surface area contributed by atoms with Crippen LogP contribution in [0.4, 0.5) is 19.0 Å². The molecule has 2 fully saturated rings. The standard InChI is InChI=1S/C25H32F3N5O3S/c26-25(27,28)37(35,36)31-23(19-4-2-1-3-5-19)20-9-14-33(15-10-20)24(34)21-7-12-32(13-8-21)17-18-6-11-30-22(29)16-18/h1-6,11,16,20-21,23,31H,7-10,12-15,17H2,(H2,29,30). The first-order chi connectivity index (χ1) is 17.5. The molecule has 1 unspecified atom stereocenters. The maximum atomic E-state index is 13.2. The van der Waals surface area contributed by atoms with Crippen molar-refractivity contribution in [2.45, 2.75) is 43.8 Å². The Morgan fingerprint density at radius 1 is 1.05 bits per heavy atom. The van der Waals surface area contributed by atoms with Gasteiger partial charge in [0, 0.05) is 37.8 Å². The molecule has 0 bridgehead atoms. The van der Waals surface area contributed by atoms with Crippen LogP contribution >= 0.6 is 0 Å². The van der Waals surface area contributed by atoms with Gasteiger partial charge in [-0.3, -0.25) is 9.69 Å². The van der Waals surface area contributed by atoms with Gasteiger partial charge >= 0.3 is 15.5 Å². The van der Waals surface area contributed by atoms with Crippen LogP contribution in [0, 0.1) is 11.8 Å². The Kier molecular flexibility index (Phi) is 8.39. The summed E-state index contributed by atoms with van der Waals surface area (Å²) in [7, 11) is -5.52. The highest BCUT2D eigenvalue weighted by atomic mass is 32.2. The van der Waals surface area contributed by atoms with Crippen LogP contribution in [0.3, 0.4) is 0 Å². The van der Waals surface area contributed by atoms with Crippen molar-refractivity contribution in [2.24, 2.45) is 11.8 Å². The van der Waals surface area contributed by atoms with Crippen molar-refractivity contribution in [2.75, 3.05) is 31.9 Å². The summed E-state index contributed by atoms with van der Waals surface area (Å²) >= 11 is 0. The third-order valence-corrected chi connectivity index (χ3v) is 8.43. The maximum absolute atomic E-state index is 13.2. The number of hydrogen-bond acceptors (Lipinski definition) is 6. The number of hydrogen-bond donors (Lipinski definition) is 2. The lowest BCUT2D eigenvalue weighted by atomic mass is 9.85. The van der Waals surface area contributed by atoms with Gasteiger partial charge < -0.3 is 10.6 Å². The number of nitrogens with one attached hydrogen (secondary N) is 1. The molecular formula is C25H32F3N5O3S. The Morgan fingerprint density at radius 3 is 2.30 bits per heavy atom. The monoisotopic (exact) mass is 539 g/mol. The Balaban J connectivity index is 1.33. The predicted octanol–water partition coefficient (Wildman–Crippen LogP) is 3.29. The highest BCUT2D eigenvalue weighted by Crippen LogP contribution is 2.35. The van der Waals surface area contributed by atoms with Gasteiger partial charge in [0.2, 0.25) is 5.91 Å². The molecule has 1 aromatic carbocycles. The van der Waals surface area contributed by atoms with Crippen molar-refractivity contribution in [3.8, 4) is 0 Å². The van der Waals surface area contributed by atoms with Crippen molar-refractivity contribution in [1.82, 2.24) is 19.5 Å². The first-order valence-corrected chi connectivity index (χ1v) is 13.9. The fourth-order valence-corrected chi connectivity index (χ4v) is 6.03. The van der Waals surface area contributed by atoms with E-state index < -0.39 is 21.6 Å². The summed E-state index contributed by atoms with van der Waals surface area (Å²) in [5.74, 6) is 0.0900. The van der Waals surface area contributed by atoms with E-state index in [2.05, 4.69) is 9.88 Å². The molecule has 8 nitrogen and oxygen atoms in total. The highest BCUT2D eigenvalue weighted by Gasteiger charge is 2.48. The first-order valence-electron chi connectivity index (χ1n) is 12.4. The van der Waals surface area contributed by atoms with Crippen LogP contribution in [0.15, 0.2) is 48.7 Å². The molecule has 3 heterocycles. The van der Waals surface area contributed by atoms with Crippen molar-refractivity contribution >= 4 is 21.7 Å². The number of nitrogens with zero attached hydrogens (tertiary/aromatic N) is 3. The number of carbonyl (C=O) groups is 1. The van der Waals surface area contributed by atoms with Crippen molar-refractivity contribution in [3.05, 3.63) is 59.8 Å². The van der Waals surface area contributed by atoms with E-state index in [0.29, 0.717) is 37.3 Å². The fraction of sp³-hybridized carbons (Fsp3) is 0.520. The van der Waals surface area contributed by atoms with E-state index in [4.69, 9.17) is 5.73 Å². The lowest BCUT2D eigenvalue weighted by molar-refractivity contribution is -0.138. The number of pyridine rings is 1. The summed E-state index contributed by atoms with van der Waals surface area (Å²) in [6.45, 7) is 3.08. The average Bonchev–Trinajstić information content (AvgIpc) is 2.87. The Bertz CT molecular complexity index is 1160. The molecule has 0 spiro atoms. The van der Waals surface area contributed by atoms with E-state index >= 15 is 0 Å². The number of nitrogen functional groups attached to an aromatic ring is 1. The predicted molar refractivity (Wildman–Crippen MR) is 133 cm³/mol. The van der Waals surface area contributed by atoms with Crippen LogP contribution in [-0.2, 0) is 21.4 Å². The fourth-order valence-electron chi connectivity index (χ4n) is 5.23. The largest absolute Gasteiger partial charge is 0.511 e. The quantitative estimate of drug-likeness (QED) is 0.559. The minimum Gasteiger partial charge on any atom is -0.384 e. The second kappa shape index (κ2) is 11.4. The second-order valence-corrected chi connectivity index (χ2v) is 11.5. The molecule has 3 N–H and O–H groups in total. The molecule has 2 aliphatic rings. The smallest absolute Gasteiger partial charge is 0.384 e. The SMILES string of the molecule is Nc1cc(CN2CCC(C(=O)N3CCC(C(NS(=O)(=O)C(F)(F)F)c4ccccc4)CC3)CC2)ccn1. The number of carbonyl (C=O) groups excluding carboxylic acids is 1. The number of piperidine rings is 2. The van der Waals surface area contributed by atoms with E-state index in [0.717, 1.165) is 38.0 Å². The Labute approximate surface area is 215 Å². The third kappa shape index (κ3) is 6.79. The molecule has 1 aromatic heterocycles. The molecule has 202 valence electrons. The van der Waals surface area contributed by atoms with Gasteiger partial charge in [0.25, 0.3) is 0 Å². The van der Waals surface area contributed by atoms with E-state index in [9.17, 15) is 26.4 Å². The summed E-state index contributed by atoms with van der Waals surface area (Å²) in [5.41, 5.74) is 1.91. The van der Waals surface area contributed by atoms with Gasteiger partial charge in [0.05, 0.1) is 0 Å². The number of aromatic nitrogens is 1. The zero-order chi connectivity index (χ0) is 26.6. The summed E-state index contributed by atoms with van der Waals surface area (Å²) in [4.78, 5) is 21.3. The van der Waals surface area contributed by atoms with Crippen LogP contribution in [0.2, 0.25) is 0 Å². The number of amides is 1. The highest BCUT2D eigenvalue weighted by molar-refractivity contribution is 7.90. The van der Waals surface area contributed by atoms with E-state index in [1.165, 1.54) is 0 Å². The number of rotatable bonds is 7. The van der Waals surface area contributed by atoms with Crippen molar-refractivity contribution < 1.29 is 26.4 Å². The normalized spacial score (nSPS) is 19.6. The van der Waals surface area contributed by atoms with E-state index in [-0.39, 0.29) is 17.7 Å².